The van der Waals surface area contributed by atoms with Crippen molar-refractivity contribution in [3.63, 3.8) is 0 Å². The number of hydrogen-bond donors (Lipinski definition) is 2. The first-order valence-corrected chi connectivity index (χ1v) is 11.6. The summed E-state index contributed by atoms with van der Waals surface area (Å²) in [6, 6.07) is 7.28. The van der Waals surface area contributed by atoms with Crippen LogP contribution >= 0.6 is 11.6 Å². The van der Waals surface area contributed by atoms with Gasteiger partial charge in [0.2, 0.25) is 0 Å². The lowest BCUT2D eigenvalue weighted by Crippen LogP contribution is -2.17. The van der Waals surface area contributed by atoms with E-state index in [-0.39, 0.29) is 6.04 Å². The average Bonchev–Trinajstić information content (AvgIpc) is 3.16. The first-order valence-electron chi connectivity index (χ1n) is 11.2. The van der Waals surface area contributed by atoms with E-state index in [0.717, 1.165) is 16.5 Å². The van der Waals surface area contributed by atoms with Crippen molar-refractivity contribution < 1.29 is 9.84 Å². The molecule has 0 aliphatic rings. The zero-order valence-corrected chi connectivity index (χ0v) is 21.1. The zero-order valence-electron chi connectivity index (χ0n) is 20.3. The van der Waals surface area contributed by atoms with Crippen molar-refractivity contribution in [2.24, 2.45) is 0 Å². The smallest absolute Gasteiger partial charge is 0.146 e. The van der Waals surface area contributed by atoms with Crippen molar-refractivity contribution in [3.8, 4) is 22.9 Å². The fourth-order valence-electron chi connectivity index (χ4n) is 4.29. The minimum absolute atomic E-state index is 0.255. The fraction of sp³-hybridized carbons (Fsp3) is 0.308. The Balaban J connectivity index is 1.97. The van der Waals surface area contributed by atoms with Gasteiger partial charge in [-0.2, -0.15) is 5.26 Å². The molecule has 0 aliphatic heterocycles. The monoisotopic (exact) mass is 490 g/mol. The van der Waals surface area contributed by atoms with Crippen LogP contribution in [0, 0.1) is 18.3 Å². The number of anilines is 1. The topological polar surface area (TPSA) is 123 Å². The van der Waals surface area contributed by atoms with Crippen LogP contribution in [0.15, 0.2) is 36.9 Å². The molecule has 0 saturated heterocycles. The maximum Gasteiger partial charge on any atom is 0.146 e. The van der Waals surface area contributed by atoms with E-state index in [9.17, 15) is 10.4 Å². The Bertz CT molecular complexity index is 1450. The number of nitrogen functional groups attached to an aromatic ring is 1. The summed E-state index contributed by atoms with van der Waals surface area (Å²) in [4.78, 5) is 13.0. The summed E-state index contributed by atoms with van der Waals surface area (Å²) < 4.78 is 8.15. The van der Waals surface area contributed by atoms with Crippen LogP contribution in [0.5, 0.6) is 5.75 Å². The molecule has 0 fully saturated rings. The molecule has 3 aromatic heterocycles. The lowest BCUT2D eigenvalue weighted by Gasteiger charge is -2.23. The second-order valence-corrected chi connectivity index (χ2v) is 9.32. The third-order valence-electron chi connectivity index (χ3n) is 6.04. The van der Waals surface area contributed by atoms with Crippen LogP contribution in [0.3, 0.4) is 0 Å². The molecule has 0 bridgehead atoms. The second-order valence-electron chi connectivity index (χ2n) is 8.92. The molecule has 3 N–H and O–H groups in total. The van der Waals surface area contributed by atoms with Gasteiger partial charge in [-0.25, -0.2) is 9.97 Å². The van der Waals surface area contributed by atoms with Gasteiger partial charge < -0.3 is 20.1 Å². The first kappa shape index (κ1) is 24.5. The molecule has 0 radical (unpaired) electrons. The van der Waals surface area contributed by atoms with E-state index in [4.69, 9.17) is 22.1 Å². The summed E-state index contributed by atoms with van der Waals surface area (Å²) >= 11 is 6.65. The molecule has 1 unspecified atom stereocenters. The van der Waals surface area contributed by atoms with E-state index < -0.39 is 5.60 Å². The Morgan fingerprint density at radius 1 is 1.29 bits per heavy atom. The maximum atomic E-state index is 10.3. The molecule has 9 heteroatoms. The first-order chi connectivity index (χ1) is 16.6. The molecule has 8 nitrogen and oxygen atoms in total. The van der Waals surface area contributed by atoms with Gasteiger partial charge in [0.15, 0.2) is 0 Å². The van der Waals surface area contributed by atoms with Crippen molar-refractivity contribution in [3.05, 3.63) is 64.3 Å². The van der Waals surface area contributed by atoms with Crippen molar-refractivity contribution in [1.29, 1.82) is 5.26 Å². The van der Waals surface area contributed by atoms with Crippen LogP contribution in [0.25, 0.3) is 22.2 Å². The van der Waals surface area contributed by atoms with E-state index in [2.05, 4.69) is 21.0 Å². The zero-order chi connectivity index (χ0) is 25.5. The second kappa shape index (κ2) is 9.17. The number of rotatable bonds is 6. The van der Waals surface area contributed by atoms with Crippen LogP contribution in [-0.4, -0.2) is 31.2 Å². The predicted octanol–water partition coefficient (Wildman–Crippen LogP) is 5.14. The van der Waals surface area contributed by atoms with E-state index >= 15 is 0 Å². The lowest BCUT2D eigenvalue weighted by atomic mass is 9.93. The number of nitrogens with zero attached hydrogens (tertiary/aromatic N) is 5. The third-order valence-corrected chi connectivity index (χ3v) is 6.33. The highest BCUT2D eigenvalue weighted by Crippen LogP contribution is 2.44. The van der Waals surface area contributed by atoms with Gasteiger partial charge >= 0.3 is 0 Å². The van der Waals surface area contributed by atoms with Gasteiger partial charge in [0.1, 0.15) is 35.2 Å². The minimum atomic E-state index is -1.09. The van der Waals surface area contributed by atoms with Crippen LogP contribution in [-0.2, 0) is 5.60 Å². The number of aryl methyl sites for hydroxylation is 1. The Morgan fingerprint density at radius 2 is 2.03 bits per heavy atom. The van der Waals surface area contributed by atoms with E-state index in [1.165, 1.54) is 6.33 Å². The molecule has 3 heterocycles. The summed E-state index contributed by atoms with van der Waals surface area (Å²) in [7, 11) is 0. The molecule has 4 rings (SSSR count). The largest absolute Gasteiger partial charge is 0.493 e. The molecular weight excluding hydrogens is 464 g/mol. The van der Waals surface area contributed by atoms with Crippen LogP contribution in [0.2, 0.25) is 5.02 Å². The van der Waals surface area contributed by atoms with Gasteiger partial charge in [0.05, 0.1) is 34.3 Å². The molecule has 0 amide bonds. The average molecular weight is 491 g/mol. The highest BCUT2D eigenvalue weighted by Gasteiger charge is 2.26. The number of ether oxygens (including phenoxy) is 1. The summed E-state index contributed by atoms with van der Waals surface area (Å²) in [5.41, 5.74) is 9.49. The van der Waals surface area contributed by atoms with Gasteiger partial charge in [0.25, 0.3) is 0 Å². The van der Waals surface area contributed by atoms with Gasteiger partial charge in [0, 0.05) is 29.1 Å². The lowest BCUT2D eigenvalue weighted by molar-refractivity contribution is 0.0739. The SMILES string of the molecule is CCOc1c(C(C)n2cc(C)c3c(N)ncnc32)cc(Cl)c(C#N)c1-c1ccc(C(C)(C)O)nc1. The number of hydrogen-bond acceptors (Lipinski definition) is 7. The number of aromatic nitrogens is 4. The highest BCUT2D eigenvalue weighted by molar-refractivity contribution is 6.32. The molecule has 1 aromatic carbocycles. The fourth-order valence-corrected chi connectivity index (χ4v) is 4.55. The third kappa shape index (κ3) is 4.29. The Hall–Kier alpha value is -3.67. The summed E-state index contributed by atoms with van der Waals surface area (Å²) in [5.74, 6) is 0.959. The summed E-state index contributed by atoms with van der Waals surface area (Å²) in [6.45, 7) is 9.58. The number of pyridine rings is 1. The van der Waals surface area contributed by atoms with Gasteiger partial charge in [-0.3, -0.25) is 4.98 Å². The number of nitrogens with two attached hydrogens (primary N) is 1. The number of aliphatic hydroxyl groups is 1. The number of halogens is 1. The van der Waals surface area contributed by atoms with Crippen molar-refractivity contribution in [2.45, 2.75) is 46.3 Å². The Labute approximate surface area is 209 Å². The molecular formula is C26H27ClN6O2. The van der Waals surface area contributed by atoms with Gasteiger partial charge in [-0.15, -0.1) is 0 Å². The normalized spacial score (nSPS) is 12.5. The standard InChI is InChI=1S/C26H27ClN6O2/c1-6-35-23-17(15(3)33-12-14(2)21-24(29)31-13-32-25(21)33)9-19(27)18(10-28)22(23)16-7-8-20(30-11-16)26(4,5)34/h7-9,11-13,15,34H,6H2,1-5H3,(H2,29,31,32). The molecule has 180 valence electrons. The Kier molecular flexibility index (Phi) is 6.41. The van der Waals surface area contributed by atoms with Crippen LogP contribution in [0.4, 0.5) is 5.82 Å². The quantitative estimate of drug-likeness (QED) is 0.383. The van der Waals surface area contributed by atoms with E-state index in [1.54, 1.807) is 32.2 Å². The molecule has 1 atom stereocenters. The molecule has 35 heavy (non-hydrogen) atoms. The Morgan fingerprint density at radius 3 is 2.63 bits per heavy atom. The van der Waals surface area contributed by atoms with Gasteiger partial charge in [-0.05, 0) is 52.3 Å². The maximum absolute atomic E-state index is 10.3. The summed E-state index contributed by atoms with van der Waals surface area (Å²) in [6.07, 6.45) is 5.04. The van der Waals surface area contributed by atoms with Crippen molar-refractivity contribution in [2.75, 3.05) is 12.3 Å². The molecule has 4 aromatic rings. The number of fused-ring (bicyclic) bond motifs is 1. The molecule has 0 spiro atoms. The highest BCUT2D eigenvalue weighted by atomic mass is 35.5. The van der Waals surface area contributed by atoms with Crippen LogP contribution in [0.1, 0.15) is 56.1 Å². The number of benzene rings is 1. The number of nitriles is 1. The van der Waals surface area contributed by atoms with Crippen LogP contribution < -0.4 is 10.5 Å². The molecule has 0 saturated carbocycles. The minimum Gasteiger partial charge on any atom is -0.493 e. The van der Waals surface area contributed by atoms with E-state index in [0.29, 0.717) is 51.2 Å². The molecule has 0 aliphatic carbocycles. The van der Waals surface area contributed by atoms with E-state index in [1.807, 2.05) is 37.6 Å². The van der Waals surface area contributed by atoms with Crippen molar-refractivity contribution in [1.82, 2.24) is 19.5 Å². The summed E-state index contributed by atoms with van der Waals surface area (Å²) in [5, 5.41) is 21.4. The predicted molar refractivity (Wildman–Crippen MR) is 136 cm³/mol. The van der Waals surface area contributed by atoms with Crippen molar-refractivity contribution >= 4 is 28.5 Å². The van der Waals surface area contributed by atoms with Gasteiger partial charge in [-0.1, -0.05) is 17.7 Å².